The number of methoxy groups -OCH3 is 1. The third-order valence-electron chi connectivity index (χ3n) is 3.29. The molecule has 0 aliphatic rings. The highest BCUT2D eigenvalue weighted by atomic mass is 32.1. The minimum absolute atomic E-state index is 0.0522. The van der Waals surface area contributed by atoms with E-state index >= 15 is 0 Å². The van der Waals surface area contributed by atoms with Gasteiger partial charge in [0.15, 0.2) is 17.4 Å². The predicted molar refractivity (Wildman–Crippen MR) is 85.8 cm³/mol. The van der Waals surface area contributed by atoms with Gasteiger partial charge in [-0.1, -0.05) is 6.07 Å². The number of halogens is 3. The number of nitrogens with one attached hydrogen (secondary N) is 1. The zero-order valence-electron chi connectivity index (χ0n) is 13.0. The molecule has 10 heteroatoms. The van der Waals surface area contributed by atoms with E-state index in [-0.39, 0.29) is 23.1 Å². The Morgan fingerprint density at radius 3 is 2.80 bits per heavy atom. The van der Waals surface area contributed by atoms with Gasteiger partial charge in [0.1, 0.15) is 6.54 Å². The lowest BCUT2D eigenvalue weighted by Gasteiger charge is -2.09. The Labute approximate surface area is 143 Å². The summed E-state index contributed by atoms with van der Waals surface area (Å²) in [7, 11) is 1.33. The molecule has 0 spiro atoms. The van der Waals surface area contributed by atoms with Crippen LogP contribution in [0.25, 0.3) is 11.5 Å². The Morgan fingerprint density at radius 1 is 1.40 bits per heavy atom. The number of pyridine rings is 1. The van der Waals surface area contributed by atoms with Crippen molar-refractivity contribution in [3.63, 3.8) is 0 Å². The summed E-state index contributed by atoms with van der Waals surface area (Å²) in [6, 6.07) is 4.84. The van der Waals surface area contributed by atoms with E-state index in [1.54, 1.807) is 0 Å². The van der Waals surface area contributed by atoms with Crippen molar-refractivity contribution in [2.45, 2.75) is 19.1 Å². The zero-order chi connectivity index (χ0) is 18.0. The van der Waals surface area contributed by atoms with Gasteiger partial charge in [-0.05, 0) is 11.4 Å². The smallest absolute Gasteiger partial charge is 0.408 e. The largest absolute Gasteiger partial charge is 0.491 e. The van der Waals surface area contributed by atoms with Crippen LogP contribution in [0.4, 0.5) is 13.2 Å². The molecule has 0 saturated heterocycles. The van der Waals surface area contributed by atoms with Crippen LogP contribution >= 0.6 is 11.3 Å². The van der Waals surface area contributed by atoms with Crippen molar-refractivity contribution in [2.24, 2.45) is 0 Å². The van der Waals surface area contributed by atoms with Crippen molar-refractivity contribution >= 4 is 11.3 Å². The van der Waals surface area contributed by atoms with Crippen LogP contribution < -0.4 is 10.2 Å². The van der Waals surface area contributed by atoms with Crippen molar-refractivity contribution in [1.29, 1.82) is 0 Å². The second-order valence-corrected chi connectivity index (χ2v) is 6.19. The first-order valence-corrected chi connectivity index (χ1v) is 8.03. The van der Waals surface area contributed by atoms with E-state index in [1.807, 2.05) is 17.5 Å². The molecule has 132 valence electrons. The summed E-state index contributed by atoms with van der Waals surface area (Å²) in [6.07, 6.45) is -2.87. The van der Waals surface area contributed by atoms with Gasteiger partial charge < -0.3 is 9.72 Å². The summed E-state index contributed by atoms with van der Waals surface area (Å²) in [5, 5.41) is 5.82. The van der Waals surface area contributed by atoms with E-state index in [9.17, 15) is 18.0 Å². The molecule has 0 fully saturated rings. The topological polar surface area (TPSA) is 72.8 Å². The van der Waals surface area contributed by atoms with Crippen molar-refractivity contribution in [2.75, 3.05) is 7.11 Å². The van der Waals surface area contributed by atoms with Crippen molar-refractivity contribution < 1.29 is 17.9 Å². The number of nitrogens with zero attached hydrogens (tertiary/aromatic N) is 3. The molecule has 25 heavy (non-hydrogen) atoms. The fraction of sp³-hybridized carbons (Fsp3) is 0.267. The molecule has 0 saturated carbocycles. The van der Waals surface area contributed by atoms with E-state index < -0.39 is 18.1 Å². The third-order valence-corrected chi connectivity index (χ3v) is 4.17. The van der Waals surface area contributed by atoms with Gasteiger partial charge in [-0.3, -0.25) is 4.79 Å². The lowest BCUT2D eigenvalue weighted by atomic mass is 10.3. The maximum atomic E-state index is 12.8. The zero-order valence-corrected chi connectivity index (χ0v) is 13.8. The lowest BCUT2D eigenvalue weighted by molar-refractivity contribution is -0.142. The summed E-state index contributed by atoms with van der Waals surface area (Å²) in [5.41, 5.74) is -0.322. The van der Waals surface area contributed by atoms with Crippen molar-refractivity contribution in [1.82, 2.24) is 19.7 Å². The number of thiophene rings is 1. The highest BCUT2D eigenvalue weighted by Gasteiger charge is 2.31. The average Bonchev–Trinajstić information content (AvgIpc) is 3.16. The van der Waals surface area contributed by atoms with Gasteiger partial charge in [-0.2, -0.15) is 18.3 Å². The Morgan fingerprint density at radius 2 is 2.20 bits per heavy atom. The standard InChI is InChI=1S/C15H13F3N4O2S/c1-24-12-7-19-10(6-11(12)23)14-20-13(5-9-3-2-4-25-9)21-22(14)8-15(16,17)18/h2-4,6-7H,5,8H2,1H3,(H,19,23). The molecule has 1 N–H and O–H groups in total. The quantitative estimate of drug-likeness (QED) is 0.750. The molecule has 0 aliphatic heterocycles. The minimum atomic E-state index is -4.46. The molecule has 0 atom stereocenters. The molecule has 0 unspecified atom stereocenters. The van der Waals surface area contributed by atoms with Crippen LogP contribution in [0.15, 0.2) is 34.6 Å². The van der Waals surface area contributed by atoms with Gasteiger partial charge in [0.2, 0.25) is 5.43 Å². The first kappa shape index (κ1) is 17.2. The fourth-order valence-corrected chi connectivity index (χ4v) is 2.96. The second-order valence-electron chi connectivity index (χ2n) is 5.16. The second kappa shape index (κ2) is 6.71. The third kappa shape index (κ3) is 4.08. The summed E-state index contributed by atoms with van der Waals surface area (Å²) in [5.74, 6) is 0.256. The molecular formula is C15H13F3N4O2S. The van der Waals surface area contributed by atoms with Gasteiger partial charge >= 0.3 is 6.18 Å². The number of H-pyrrole nitrogens is 1. The van der Waals surface area contributed by atoms with E-state index in [2.05, 4.69) is 15.1 Å². The molecule has 3 heterocycles. The summed E-state index contributed by atoms with van der Waals surface area (Å²) < 4.78 is 44.1. The highest BCUT2D eigenvalue weighted by Crippen LogP contribution is 2.23. The number of hydrogen-bond donors (Lipinski definition) is 1. The number of aromatic nitrogens is 4. The summed E-state index contributed by atoms with van der Waals surface area (Å²) in [6.45, 7) is -1.30. The molecule has 3 rings (SSSR count). The Kier molecular flexibility index (Phi) is 4.62. The van der Waals surface area contributed by atoms with Crippen LogP contribution in [-0.4, -0.2) is 33.0 Å². The van der Waals surface area contributed by atoms with Crippen LogP contribution in [-0.2, 0) is 13.0 Å². The van der Waals surface area contributed by atoms with Gasteiger partial charge in [-0.25, -0.2) is 9.67 Å². The first-order chi connectivity index (χ1) is 11.9. The van der Waals surface area contributed by atoms with Gasteiger partial charge in [0.05, 0.1) is 12.8 Å². The highest BCUT2D eigenvalue weighted by molar-refractivity contribution is 7.09. The molecule has 0 bridgehead atoms. The van der Waals surface area contributed by atoms with Crippen molar-refractivity contribution in [3.8, 4) is 17.3 Å². The minimum Gasteiger partial charge on any atom is -0.491 e. The normalized spacial score (nSPS) is 11.7. The molecule has 0 amide bonds. The fourth-order valence-electron chi connectivity index (χ4n) is 2.26. The molecule has 0 aliphatic carbocycles. The van der Waals surface area contributed by atoms with Crippen LogP contribution in [0.2, 0.25) is 0 Å². The number of hydrogen-bond acceptors (Lipinski definition) is 5. The number of rotatable bonds is 5. The van der Waals surface area contributed by atoms with Crippen LogP contribution in [0, 0.1) is 0 Å². The Bertz CT molecular complexity index is 916. The number of aromatic amines is 1. The first-order valence-electron chi connectivity index (χ1n) is 7.15. The predicted octanol–water partition coefficient (Wildman–Crippen LogP) is 2.86. The van der Waals surface area contributed by atoms with Gasteiger partial charge in [-0.15, -0.1) is 11.3 Å². The number of alkyl halides is 3. The molecule has 0 aromatic carbocycles. The number of ether oxygens (including phenoxy) is 1. The van der Waals surface area contributed by atoms with Gasteiger partial charge in [0, 0.05) is 23.6 Å². The molecule has 3 aromatic heterocycles. The molecule has 6 nitrogen and oxygen atoms in total. The summed E-state index contributed by atoms with van der Waals surface area (Å²) in [4.78, 5) is 19.7. The van der Waals surface area contributed by atoms with E-state index in [0.29, 0.717) is 6.42 Å². The molecule has 0 radical (unpaired) electrons. The van der Waals surface area contributed by atoms with Crippen molar-refractivity contribution in [3.05, 3.63) is 50.7 Å². The van der Waals surface area contributed by atoms with E-state index in [4.69, 9.17) is 4.74 Å². The molecular weight excluding hydrogens is 357 g/mol. The summed E-state index contributed by atoms with van der Waals surface area (Å²) >= 11 is 1.46. The average molecular weight is 370 g/mol. The Hall–Kier alpha value is -2.62. The maximum Gasteiger partial charge on any atom is 0.408 e. The van der Waals surface area contributed by atoms with Crippen LogP contribution in [0.1, 0.15) is 10.7 Å². The van der Waals surface area contributed by atoms with E-state index in [1.165, 1.54) is 24.6 Å². The van der Waals surface area contributed by atoms with Crippen LogP contribution in [0.3, 0.4) is 0 Å². The van der Waals surface area contributed by atoms with Crippen LogP contribution in [0.5, 0.6) is 5.75 Å². The SMILES string of the molecule is COc1c[nH]c(-c2nc(Cc3cccs3)nn2CC(F)(F)F)cc1=O. The monoisotopic (exact) mass is 370 g/mol. The Balaban J connectivity index is 2.02. The van der Waals surface area contributed by atoms with E-state index in [0.717, 1.165) is 15.6 Å². The van der Waals surface area contributed by atoms with Gasteiger partial charge in [0.25, 0.3) is 0 Å². The maximum absolute atomic E-state index is 12.8. The molecule has 3 aromatic rings. The lowest BCUT2D eigenvalue weighted by Crippen LogP contribution is -2.20.